The molecule has 1 aromatic heterocycles. The van der Waals surface area contributed by atoms with E-state index >= 15 is 0 Å². The minimum atomic E-state index is -0.710. The molecule has 2 rings (SSSR count). The standard InChI is InChI=1S/C16H25N3O4S/c1-3-11-9-24-15(18-11)7-17-16(22)10-5-12(13(20)6-10)19-14(21)8-23-4-2/h9-10,12-13,20H,3-8H2,1-2H3,(H,17,22)(H,19,21)/t10-,12+,13+/m0/s1. The Kier molecular flexibility index (Phi) is 7.14. The van der Waals surface area contributed by atoms with Crippen molar-refractivity contribution in [3.63, 3.8) is 0 Å². The monoisotopic (exact) mass is 355 g/mol. The third-order valence-electron chi connectivity index (χ3n) is 4.06. The van der Waals surface area contributed by atoms with Gasteiger partial charge in [-0.3, -0.25) is 9.59 Å². The van der Waals surface area contributed by atoms with Crippen LogP contribution in [0.3, 0.4) is 0 Å². The van der Waals surface area contributed by atoms with E-state index in [1.54, 1.807) is 0 Å². The number of aromatic nitrogens is 1. The number of amides is 2. The summed E-state index contributed by atoms with van der Waals surface area (Å²) in [7, 11) is 0. The molecule has 0 radical (unpaired) electrons. The lowest BCUT2D eigenvalue weighted by Gasteiger charge is -2.16. The number of rotatable bonds is 8. The minimum Gasteiger partial charge on any atom is -0.391 e. The van der Waals surface area contributed by atoms with Crippen LogP contribution >= 0.6 is 11.3 Å². The van der Waals surface area contributed by atoms with E-state index in [0.29, 0.717) is 26.0 Å². The maximum Gasteiger partial charge on any atom is 0.246 e. The highest BCUT2D eigenvalue weighted by molar-refractivity contribution is 7.09. The van der Waals surface area contributed by atoms with Gasteiger partial charge in [0, 0.05) is 17.9 Å². The summed E-state index contributed by atoms with van der Waals surface area (Å²) in [6.45, 7) is 4.68. The van der Waals surface area contributed by atoms with E-state index < -0.39 is 12.1 Å². The summed E-state index contributed by atoms with van der Waals surface area (Å²) >= 11 is 1.53. The molecule has 0 bridgehead atoms. The number of thiazole rings is 1. The number of nitrogens with zero attached hydrogens (tertiary/aromatic N) is 1. The van der Waals surface area contributed by atoms with E-state index in [0.717, 1.165) is 17.1 Å². The van der Waals surface area contributed by atoms with Crippen molar-refractivity contribution in [3.8, 4) is 0 Å². The van der Waals surface area contributed by atoms with Crippen molar-refractivity contribution in [2.75, 3.05) is 13.2 Å². The van der Waals surface area contributed by atoms with E-state index in [4.69, 9.17) is 4.74 Å². The fourth-order valence-corrected chi connectivity index (χ4v) is 3.54. The lowest BCUT2D eigenvalue weighted by Crippen LogP contribution is -2.41. The van der Waals surface area contributed by atoms with Crippen molar-refractivity contribution < 1.29 is 19.4 Å². The van der Waals surface area contributed by atoms with Gasteiger partial charge < -0.3 is 20.5 Å². The van der Waals surface area contributed by atoms with Crippen LogP contribution in [0.5, 0.6) is 0 Å². The van der Waals surface area contributed by atoms with Gasteiger partial charge in [-0.2, -0.15) is 0 Å². The second-order valence-electron chi connectivity index (χ2n) is 5.85. The number of aryl methyl sites for hydroxylation is 1. The molecule has 8 heteroatoms. The van der Waals surface area contributed by atoms with Crippen LogP contribution in [0, 0.1) is 5.92 Å². The number of ether oxygens (including phenoxy) is 1. The van der Waals surface area contributed by atoms with E-state index in [9.17, 15) is 14.7 Å². The van der Waals surface area contributed by atoms with Gasteiger partial charge in [0.1, 0.15) is 11.6 Å². The summed E-state index contributed by atoms with van der Waals surface area (Å²) < 4.78 is 5.04. The van der Waals surface area contributed by atoms with Crippen molar-refractivity contribution in [1.29, 1.82) is 0 Å². The fourth-order valence-electron chi connectivity index (χ4n) is 2.73. The predicted molar refractivity (Wildman–Crippen MR) is 90.5 cm³/mol. The van der Waals surface area contributed by atoms with Gasteiger partial charge in [0.25, 0.3) is 0 Å². The largest absolute Gasteiger partial charge is 0.391 e. The predicted octanol–water partition coefficient (Wildman–Crippen LogP) is 0.614. The Bertz CT molecular complexity index is 563. The Hall–Kier alpha value is -1.51. The molecule has 7 nitrogen and oxygen atoms in total. The molecule has 1 aromatic rings. The summed E-state index contributed by atoms with van der Waals surface area (Å²) in [5.41, 5.74) is 1.03. The lowest BCUT2D eigenvalue weighted by atomic mass is 10.1. The number of carbonyl (C=O) groups excluding carboxylic acids is 2. The second-order valence-corrected chi connectivity index (χ2v) is 6.79. The van der Waals surface area contributed by atoms with Crippen molar-refractivity contribution in [2.45, 2.75) is 51.8 Å². The van der Waals surface area contributed by atoms with Crippen molar-refractivity contribution in [2.24, 2.45) is 5.92 Å². The molecule has 1 heterocycles. The topological polar surface area (TPSA) is 101 Å². The molecule has 0 saturated heterocycles. The van der Waals surface area contributed by atoms with Gasteiger partial charge in [0.2, 0.25) is 11.8 Å². The van der Waals surface area contributed by atoms with Crippen LogP contribution < -0.4 is 10.6 Å². The summed E-state index contributed by atoms with van der Waals surface area (Å²) in [4.78, 5) is 28.3. The van der Waals surface area contributed by atoms with Gasteiger partial charge in [-0.25, -0.2) is 4.98 Å². The van der Waals surface area contributed by atoms with Crippen LogP contribution in [-0.2, 0) is 27.3 Å². The quantitative estimate of drug-likeness (QED) is 0.634. The van der Waals surface area contributed by atoms with Crippen LogP contribution in [0.1, 0.15) is 37.4 Å². The van der Waals surface area contributed by atoms with Crippen LogP contribution in [0.2, 0.25) is 0 Å². The molecule has 0 aliphatic heterocycles. The molecule has 3 N–H and O–H groups in total. The van der Waals surface area contributed by atoms with E-state index in [2.05, 4.69) is 15.6 Å². The molecule has 2 amide bonds. The Balaban J connectivity index is 1.78. The average Bonchev–Trinajstić information content (AvgIpc) is 3.17. The Morgan fingerprint density at radius 2 is 2.21 bits per heavy atom. The zero-order valence-electron chi connectivity index (χ0n) is 14.1. The molecule has 0 unspecified atom stereocenters. The molecular formula is C16H25N3O4S. The zero-order valence-corrected chi connectivity index (χ0v) is 14.9. The van der Waals surface area contributed by atoms with Gasteiger partial charge in [0.05, 0.1) is 24.4 Å². The Morgan fingerprint density at radius 1 is 1.42 bits per heavy atom. The van der Waals surface area contributed by atoms with Gasteiger partial charge in [-0.05, 0) is 26.2 Å². The highest BCUT2D eigenvalue weighted by atomic mass is 32.1. The van der Waals surface area contributed by atoms with Crippen LogP contribution in [-0.4, -0.2) is 47.3 Å². The summed E-state index contributed by atoms with van der Waals surface area (Å²) in [5, 5.41) is 18.5. The minimum absolute atomic E-state index is 0.0274. The molecule has 24 heavy (non-hydrogen) atoms. The molecule has 3 atom stereocenters. The molecule has 134 valence electrons. The first-order valence-corrected chi connectivity index (χ1v) is 9.17. The number of aliphatic hydroxyl groups is 1. The van der Waals surface area contributed by atoms with Crippen LogP contribution in [0.25, 0.3) is 0 Å². The second kappa shape index (κ2) is 9.10. The van der Waals surface area contributed by atoms with Crippen molar-refractivity contribution in [1.82, 2.24) is 15.6 Å². The first-order chi connectivity index (χ1) is 11.5. The van der Waals surface area contributed by atoms with Gasteiger partial charge >= 0.3 is 0 Å². The van der Waals surface area contributed by atoms with Gasteiger partial charge in [-0.1, -0.05) is 6.92 Å². The smallest absolute Gasteiger partial charge is 0.246 e. The fraction of sp³-hybridized carbons (Fsp3) is 0.688. The summed E-state index contributed by atoms with van der Waals surface area (Å²) in [5.74, 6) is -0.677. The van der Waals surface area contributed by atoms with Crippen LogP contribution in [0.4, 0.5) is 0 Å². The maximum atomic E-state index is 12.3. The first kappa shape index (κ1) is 18.8. The third-order valence-corrected chi connectivity index (χ3v) is 4.96. The molecule has 0 aromatic carbocycles. The maximum absolute atomic E-state index is 12.3. The summed E-state index contributed by atoms with van der Waals surface area (Å²) in [6.07, 6.45) is 0.951. The molecule has 1 fully saturated rings. The molecular weight excluding hydrogens is 330 g/mol. The highest BCUT2D eigenvalue weighted by Crippen LogP contribution is 2.26. The van der Waals surface area contributed by atoms with Crippen LogP contribution in [0.15, 0.2) is 5.38 Å². The SMILES string of the molecule is CCOCC(=O)N[C@@H]1C[C@H](C(=O)NCc2nc(CC)cs2)C[C@H]1O. The number of aliphatic hydroxyl groups excluding tert-OH is 1. The van der Waals surface area contributed by atoms with Crippen molar-refractivity contribution >= 4 is 23.2 Å². The van der Waals surface area contributed by atoms with Gasteiger partial charge in [0.15, 0.2) is 0 Å². The highest BCUT2D eigenvalue weighted by Gasteiger charge is 2.37. The summed E-state index contributed by atoms with van der Waals surface area (Å²) in [6, 6.07) is -0.403. The van der Waals surface area contributed by atoms with Gasteiger partial charge in [-0.15, -0.1) is 11.3 Å². The van der Waals surface area contributed by atoms with E-state index in [-0.39, 0.29) is 24.3 Å². The van der Waals surface area contributed by atoms with Crippen molar-refractivity contribution in [3.05, 3.63) is 16.1 Å². The van der Waals surface area contributed by atoms with E-state index in [1.165, 1.54) is 11.3 Å². The zero-order chi connectivity index (χ0) is 17.5. The Labute approximate surface area is 145 Å². The molecule has 1 aliphatic rings. The Morgan fingerprint density at radius 3 is 2.88 bits per heavy atom. The number of hydrogen-bond donors (Lipinski definition) is 3. The third kappa shape index (κ3) is 5.25. The first-order valence-electron chi connectivity index (χ1n) is 8.29. The molecule has 1 aliphatic carbocycles. The normalized spacial score (nSPS) is 23.2. The number of hydrogen-bond acceptors (Lipinski definition) is 6. The lowest BCUT2D eigenvalue weighted by molar-refractivity contribution is -0.127. The number of carbonyl (C=O) groups is 2. The van der Waals surface area contributed by atoms with E-state index in [1.807, 2.05) is 19.2 Å². The average molecular weight is 355 g/mol. The molecule has 1 saturated carbocycles. The molecule has 0 spiro atoms. The number of nitrogens with one attached hydrogen (secondary N) is 2.